The molecule has 0 saturated heterocycles. The SMILES string of the molecule is CCCCCCN=C=N.NC(=O)CCC(=O)O. The monoisotopic (exact) mass is 243 g/mol. The average molecular weight is 243 g/mol. The second-order valence-corrected chi connectivity index (χ2v) is 3.41. The molecule has 98 valence electrons. The molecule has 0 aromatic heterocycles. The molecule has 0 aromatic carbocycles. The number of carbonyl (C=O) groups excluding carboxylic acids is 1. The standard InChI is InChI=1S/C7H14N2.C4H7NO3/c1-2-3-4-5-6-9-7-8;5-3(6)1-2-4(7)8/h8H,2-6H2,1H3;1-2H2,(H2,5,6)(H,7,8). The second kappa shape index (κ2) is 14.3. The van der Waals surface area contributed by atoms with Crippen LogP contribution in [0.25, 0.3) is 0 Å². The van der Waals surface area contributed by atoms with Crippen LogP contribution in [0.1, 0.15) is 45.4 Å². The Morgan fingerprint density at radius 2 is 1.94 bits per heavy atom. The Labute approximate surface area is 101 Å². The lowest BCUT2D eigenvalue weighted by Gasteiger charge is -1.91. The number of hydrogen-bond donors (Lipinski definition) is 3. The van der Waals surface area contributed by atoms with Crippen molar-refractivity contribution >= 4 is 17.9 Å². The Hall–Kier alpha value is -1.68. The summed E-state index contributed by atoms with van der Waals surface area (Å²) in [5.41, 5.74) is 4.64. The smallest absolute Gasteiger partial charge is 0.303 e. The Balaban J connectivity index is 0. The van der Waals surface area contributed by atoms with Gasteiger partial charge in [0.1, 0.15) is 0 Å². The van der Waals surface area contributed by atoms with Crippen LogP contribution in [-0.4, -0.2) is 29.5 Å². The van der Waals surface area contributed by atoms with Crippen molar-refractivity contribution in [1.82, 2.24) is 0 Å². The van der Waals surface area contributed by atoms with Crippen LogP contribution < -0.4 is 5.73 Å². The first-order valence-corrected chi connectivity index (χ1v) is 5.62. The highest BCUT2D eigenvalue weighted by molar-refractivity contribution is 5.79. The van der Waals surface area contributed by atoms with Crippen LogP contribution in [0.3, 0.4) is 0 Å². The van der Waals surface area contributed by atoms with E-state index in [0.29, 0.717) is 0 Å². The van der Waals surface area contributed by atoms with Gasteiger partial charge in [-0.15, -0.1) is 0 Å². The van der Waals surface area contributed by atoms with E-state index in [2.05, 4.69) is 17.6 Å². The molecule has 0 rings (SSSR count). The second-order valence-electron chi connectivity index (χ2n) is 3.41. The number of nitrogens with two attached hydrogens (primary N) is 1. The van der Waals surface area contributed by atoms with Crippen molar-refractivity contribution in [2.75, 3.05) is 6.54 Å². The maximum Gasteiger partial charge on any atom is 0.303 e. The summed E-state index contributed by atoms with van der Waals surface area (Å²) in [5.74, 6) is -1.57. The van der Waals surface area contributed by atoms with Gasteiger partial charge in [-0.3, -0.25) is 9.59 Å². The Kier molecular flexibility index (Phi) is 14.9. The first kappa shape index (κ1) is 17.7. The first-order valence-electron chi connectivity index (χ1n) is 5.62. The van der Waals surface area contributed by atoms with Crippen molar-refractivity contribution in [3.05, 3.63) is 0 Å². The van der Waals surface area contributed by atoms with E-state index in [0.717, 1.165) is 13.0 Å². The summed E-state index contributed by atoms with van der Waals surface area (Å²) < 4.78 is 0. The van der Waals surface area contributed by atoms with E-state index in [1.807, 2.05) is 6.01 Å². The lowest BCUT2D eigenvalue weighted by molar-refractivity contribution is -0.138. The summed E-state index contributed by atoms with van der Waals surface area (Å²) in [4.78, 5) is 23.2. The molecule has 0 bridgehead atoms. The topological polar surface area (TPSA) is 117 Å². The zero-order valence-corrected chi connectivity index (χ0v) is 10.2. The molecule has 1 amide bonds. The third kappa shape index (κ3) is 25.0. The van der Waals surface area contributed by atoms with Gasteiger partial charge >= 0.3 is 5.97 Å². The predicted octanol–water partition coefficient (Wildman–Crippen LogP) is 1.66. The number of aliphatic carboxylic acids is 1. The minimum absolute atomic E-state index is 0.0741. The third-order valence-electron chi connectivity index (χ3n) is 1.79. The predicted molar refractivity (Wildman–Crippen MR) is 65.2 cm³/mol. The van der Waals surface area contributed by atoms with Crippen molar-refractivity contribution in [1.29, 1.82) is 5.41 Å². The van der Waals surface area contributed by atoms with E-state index in [-0.39, 0.29) is 12.8 Å². The molecule has 0 saturated carbocycles. The summed E-state index contributed by atoms with van der Waals surface area (Å²) in [7, 11) is 0. The quantitative estimate of drug-likeness (QED) is 0.444. The Morgan fingerprint density at radius 3 is 2.29 bits per heavy atom. The zero-order valence-electron chi connectivity index (χ0n) is 10.2. The minimum Gasteiger partial charge on any atom is -0.481 e. The van der Waals surface area contributed by atoms with Gasteiger partial charge in [0.15, 0.2) is 0 Å². The minimum atomic E-state index is -0.996. The zero-order chi connectivity index (χ0) is 13.5. The fraction of sp³-hybridized carbons (Fsp3) is 0.727. The summed E-state index contributed by atoms with van der Waals surface area (Å²) in [6, 6.07) is 2.02. The lowest BCUT2D eigenvalue weighted by Crippen LogP contribution is -2.12. The molecule has 0 atom stereocenters. The van der Waals surface area contributed by atoms with E-state index >= 15 is 0 Å². The Morgan fingerprint density at radius 1 is 1.29 bits per heavy atom. The molecule has 6 heteroatoms. The van der Waals surface area contributed by atoms with Crippen molar-refractivity contribution in [2.45, 2.75) is 45.4 Å². The van der Waals surface area contributed by atoms with E-state index in [9.17, 15) is 9.59 Å². The summed E-state index contributed by atoms with van der Waals surface area (Å²) in [6.45, 7) is 2.96. The fourth-order valence-corrected chi connectivity index (χ4v) is 0.904. The highest BCUT2D eigenvalue weighted by atomic mass is 16.4. The number of hydrogen-bond acceptors (Lipinski definition) is 4. The van der Waals surface area contributed by atoms with Crippen LogP contribution in [0.5, 0.6) is 0 Å². The molecule has 6 nitrogen and oxygen atoms in total. The number of nitrogens with zero attached hydrogens (tertiary/aromatic N) is 1. The van der Waals surface area contributed by atoms with Gasteiger partial charge in [-0.05, 0) is 6.42 Å². The number of primary amides is 1. The molecule has 0 aromatic rings. The van der Waals surface area contributed by atoms with Crippen molar-refractivity contribution in [3.8, 4) is 0 Å². The number of carboxylic acids is 1. The summed E-state index contributed by atoms with van der Waals surface area (Å²) in [6.07, 6.45) is 4.65. The molecule has 0 fully saturated rings. The molecule has 0 unspecified atom stereocenters. The van der Waals surface area contributed by atoms with Gasteiger partial charge < -0.3 is 10.8 Å². The maximum absolute atomic E-state index is 9.86. The van der Waals surface area contributed by atoms with Gasteiger partial charge in [-0.25, -0.2) is 10.4 Å². The van der Waals surface area contributed by atoms with Gasteiger partial charge in [0.25, 0.3) is 0 Å². The molecule has 0 aliphatic heterocycles. The van der Waals surface area contributed by atoms with E-state index < -0.39 is 11.9 Å². The van der Waals surface area contributed by atoms with Crippen molar-refractivity contribution in [2.24, 2.45) is 10.7 Å². The van der Waals surface area contributed by atoms with Crippen molar-refractivity contribution in [3.63, 3.8) is 0 Å². The van der Waals surface area contributed by atoms with Crippen LogP contribution in [0, 0.1) is 5.41 Å². The molecule has 0 radical (unpaired) electrons. The molecule has 0 aliphatic carbocycles. The summed E-state index contributed by atoms with van der Waals surface area (Å²) in [5, 5.41) is 14.4. The molecular weight excluding hydrogens is 222 g/mol. The van der Waals surface area contributed by atoms with Gasteiger partial charge in [0.2, 0.25) is 5.91 Å². The van der Waals surface area contributed by atoms with Crippen molar-refractivity contribution < 1.29 is 14.7 Å². The number of nitrogens with one attached hydrogen (secondary N) is 1. The van der Waals surface area contributed by atoms with Crippen LogP contribution in [-0.2, 0) is 9.59 Å². The van der Waals surface area contributed by atoms with E-state index in [1.165, 1.54) is 19.3 Å². The van der Waals surface area contributed by atoms with Crippen LogP contribution >= 0.6 is 0 Å². The summed E-state index contributed by atoms with van der Waals surface area (Å²) >= 11 is 0. The molecule has 0 spiro atoms. The number of carboxylic acid groups (broad SMARTS) is 1. The van der Waals surface area contributed by atoms with E-state index in [4.69, 9.17) is 10.5 Å². The fourth-order valence-electron chi connectivity index (χ4n) is 0.904. The highest BCUT2D eigenvalue weighted by Crippen LogP contribution is 1.97. The van der Waals surface area contributed by atoms with Gasteiger partial charge in [-0.2, -0.15) is 0 Å². The number of unbranched alkanes of at least 4 members (excludes halogenated alkanes) is 3. The molecule has 17 heavy (non-hydrogen) atoms. The largest absolute Gasteiger partial charge is 0.481 e. The Bertz CT molecular complexity index is 247. The normalized spacial score (nSPS) is 8.53. The third-order valence-corrected chi connectivity index (χ3v) is 1.79. The molecular formula is C11H21N3O3. The average Bonchev–Trinajstić information content (AvgIpc) is 2.27. The van der Waals surface area contributed by atoms with Gasteiger partial charge in [0, 0.05) is 13.0 Å². The van der Waals surface area contributed by atoms with Gasteiger partial charge in [-0.1, -0.05) is 26.2 Å². The van der Waals surface area contributed by atoms with Crippen LogP contribution in [0.2, 0.25) is 0 Å². The van der Waals surface area contributed by atoms with Gasteiger partial charge in [0.05, 0.1) is 12.4 Å². The number of rotatable bonds is 8. The molecule has 4 N–H and O–H groups in total. The number of aliphatic imine (C=N–C) groups is 1. The van der Waals surface area contributed by atoms with E-state index in [1.54, 1.807) is 0 Å². The molecule has 0 heterocycles. The lowest BCUT2D eigenvalue weighted by atomic mass is 10.2. The first-order chi connectivity index (χ1) is 8.04. The highest BCUT2D eigenvalue weighted by Gasteiger charge is 1.98. The van der Waals surface area contributed by atoms with Crippen LogP contribution in [0.15, 0.2) is 4.99 Å². The maximum atomic E-state index is 9.86. The molecule has 0 aliphatic rings. The number of carbonyl (C=O) groups is 2. The number of amides is 1. The van der Waals surface area contributed by atoms with Crippen LogP contribution in [0.4, 0.5) is 0 Å².